The van der Waals surface area contributed by atoms with Crippen molar-refractivity contribution in [1.29, 1.82) is 0 Å². The molecule has 1 aromatic carbocycles. The van der Waals surface area contributed by atoms with Crippen LogP contribution in [0.5, 0.6) is 0 Å². The lowest BCUT2D eigenvalue weighted by Gasteiger charge is -2.36. The summed E-state index contributed by atoms with van der Waals surface area (Å²) < 4.78 is 26.4. The van der Waals surface area contributed by atoms with Crippen molar-refractivity contribution in [1.82, 2.24) is 9.21 Å². The standard InChI is InChI=1S/C20H31N3O3S/c1-16-9-5-8-14-23(16)20(24)18-15-17(27(25,26)21(2)3)10-11-19(18)22-12-6-4-7-13-22/h10-11,15-16H,4-9,12-14H2,1-3H3. The van der Waals surface area contributed by atoms with E-state index in [0.29, 0.717) is 5.56 Å². The quantitative estimate of drug-likeness (QED) is 0.789. The number of nitrogens with zero attached hydrogens (tertiary/aromatic N) is 3. The molecule has 3 rings (SSSR count). The second kappa shape index (κ2) is 8.19. The van der Waals surface area contributed by atoms with Crippen molar-refractivity contribution in [3.05, 3.63) is 23.8 Å². The van der Waals surface area contributed by atoms with Gasteiger partial charge in [-0.25, -0.2) is 12.7 Å². The Hall–Kier alpha value is -1.60. The largest absolute Gasteiger partial charge is 0.371 e. The normalized spacial score (nSPS) is 21.6. The minimum atomic E-state index is -3.58. The second-order valence-corrected chi connectivity index (χ2v) is 10.0. The van der Waals surface area contributed by atoms with E-state index in [-0.39, 0.29) is 16.8 Å². The van der Waals surface area contributed by atoms with Crippen LogP contribution in [0.15, 0.2) is 23.1 Å². The first-order valence-electron chi connectivity index (χ1n) is 9.95. The predicted molar refractivity (Wildman–Crippen MR) is 108 cm³/mol. The number of sulfonamides is 1. The van der Waals surface area contributed by atoms with E-state index >= 15 is 0 Å². The Morgan fingerprint density at radius 3 is 2.33 bits per heavy atom. The highest BCUT2D eigenvalue weighted by molar-refractivity contribution is 7.89. The van der Waals surface area contributed by atoms with E-state index < -0.39 is 10.0 Å². The summed E-state index contributed by atoms with van der Waals surface area (Å²) >= 11 is 0. The molecule has 7 heteroatoms. The van der Waals surface area contributed by atoms with Gasteiger partial charge in [0.2, 0.25) is 10.0 Å². The van der Waals surface area contributed by atoms with Crippen LogP contribution in [-0.2, 0) is 10.0 Å². The van der Waals surface area contributed by atoms with E-state index in [0.717, 1.165) is 57.4 Å². The van der Waals surface area contributed by atoms with Gasteiger partial charge >= 0.3 is 0 Å². The molecule has 0 N–H and O–H groups in total. The maximum Gasteiger partial charge on any atom is 0.256 e. The molecule has 2 aliphatic rings. The zero-order valence-corrected chi connectivity index (χ0v) is 17.5. The summed E-state index contributed by atoms with van der Waals surface area (Å²) in [6, 6.07) is 5.23. The molecule has 1 amide bonds. The summed E-state index contributed by atoms with van der Waals surface area (Å²) in [5.41, 5.74) is 1.39. The van der Waals surface area contributed by atoms with Gasteiger partial charge in [0.25, 0.3) is 5.91 Å². The first-order chi connectivity index (χ1) is 12.8. The van der Waals surface area contributed by atoms with Crippen molar-refractivity contribution in [2.24, 2.45) is 0 Å². The number of anilines is 1. The number of benzene rings is 1. The van der Waals surface area contributed by atoms with Crippen LogP contribution in [0.3, 0.4) is 0 Å². The van der Waals surface area contributed by atoms with Gasteiger partial charge < -0.3 is 9.80 Å². The molecular formula is C20H31N3O3S. The van der Waals surface area contributed by atoms with Gasteiger partial charge in [-0.3, -0.25) is 4.79 Å². The summed E-state index contributed by atoms with van der Waals surface area (Å²) in [7, 11) is -0.549. The number of carbonyl (C=O) groups is 1. The molecule has 0 aromatic heterocycles. The zero-order chi connectivity index (χ0) is 19.6. The third-order valence-electron chi connectivity index (χ3n) is 5.74. The van der Waals surface area contributed by atoms with Crippen LogP contribution in [0.1, 0.15) is 55.8 Å². The number of carbonyl (C=O) groups excluding carboxylic acids is 1. The maximum atomic E-state index is 13.4. The fourth-order valence-corrected chi connectivity index (χ4v) is 4.95. The Bertz CT molecular complexity index is 786. The average Bonchev–Trinajstić information content (AvgIpc) is 2.68. The second-order valence-electron chi connectivity index (χ2n) is 7.86. The molecule has 1 atom stereocenters. The molecule has 0 spiro atoms. The Labute approximate surface area is 163 Å². The zero-order valence-electron chi connectivity index (χ0n) is 16.6. The van der Waals surface area contributed by atoms with Crippen molar-refractivity contribution >= 4 is 21.6 Å². The molecule has 150 valence electrons. The fraction of sp³-hybridized carbons (Fsp3) is 0.650. The van der Waals surface area contributed by atoms with Crippen molar-refractivity contribution in [2.45, 2.75) is 56.4 Å². The van der Waals surface area contributed by atoms with E-state index in [9.17, 15) is 13.2 Å². The predicted octanol–water partition coefficient (Wildman–Crippen LogP) is 2.94. The molecule has 0 radical (unpaired) electrons. The van der Waals surface area contributed by atoms with E-state index in [4.69, 9.17) is 0 Å². The smallest absolute Gasteiger partial charge is 0.256 e. The van der Waals surface area contributed by atoms with Gasteiger partial charge in [0.05, 0.1) is 10.5 Å². The molecule has 1 aromatic rings. The molecule has 2 saturated heterocycles. The van der Waals surface area contributed by atoms with Gasteiger partial charge in [-0.2, -0.15) is 0 Å². The summed E-state index contributed by atoms with van der Waals surface area (Å²) in [5.74, 6) is -0.0430. The van der Waals surface area contributed by atoms with Gasteiger partial charge in [0.15, 0.2) is 0 Å². The highest BCUT2D eigenvalue weighted by Crippen LogP contribution is 2.30. The van der Waals surface area contributed by atoms with Gasteiger partial charge in [-0.1, -0.05) is 0 Å². The SMILES string of the molecule is CC1CCCCN1C(=O)c1cc(S(=O)(=O)N(C)C)ccc1N1CCCCC1. The third kappa shape index (κ3) is 4.14. The van der Waals surface area contributed by atoms with Crippen molar-refractivity contribution < 1.29 is 13.2 Å². The van der Waals surface area contributed by atoms with Crippen molar-refractivity contribution in [2.75, 3.05) is 38.6 Å². The Morgan fingerprint density at radius 2 is 1.70 bits per heavy atom. The number of likely N-dealkylation sites (tertiary alicyclic amines) is 1. The van der Waals surface area contributed by atoms with E-state index in [1.165, 1.54) is 24.8 Å². The van der Waals surface area contributed by atoms with Gasteiger partial charge in [-0.05, 0) is 63.6 Å². The van der Waals surface area contributed by atoms with Crippen LogP contribution in [0.4, 0.5) is 5.69 Å². The van der Waals surface area contributed by atoms with Crippen LogP contribution in [0.2, 0.25) is 0 Å². The maximum absolute atomic E-state index is 13.4. The first-order valence-corrected chi connectivity index (χ1v) is 11.4. The first kappa shape index (κ1) is 20.1. The van der Waals surface area contributed by atoms with Gasteiger partial charge in [0.1, 0.15) is 0 Å². The minimum Gasteiger partial charge on any atom is -0.371 e. The number of rotatable bonds is 4. The average molecular weight is 394 g/mol. The third-order valence-corrected chi connectivity index (χ3v) is 7.55. The van der Waals surface area contributed by atoms with E-state index in [2.05, 4.69) is 11.8 Å². The Kier molecular flexibility index (Phi) is 6.11. The Balaban J connectivity index is 2.04. The summed E-state index contributed by atoms with van der Waals surface area (Å²) in [6.07, 6.45) is 6.55. The van der Waals surface area contributed by atoms with E-state index in [1.807, 2.05) is 11.0 Å². The Morgan fingerprint density at radius 1 is 1.04 bits per heavy atom. The highest BCUT2D eigenvalue weighted by atomic mass is 32.2. The number of hydrogen-bond donors (Lipinski definition) is 0. The molecule has 27 heavy (non-hydrogen) atoms. The van der Waals surface area contributed by atoms with Crippen LogP contribution in [-0.4, -0.2) is 63.3 Å². The minimum absolute atomic E-state index is 0.0430. The lowest BCUT2D eigenvalue weighted by atomic mass is 10.0. The molecule has 2 heterocycles. The molecule has 0 saturated carbocycles. The lowest BCUT2D eigenvalue weighted by molar-refractivity contribution is 0.0636. The molecule has 6 nitrogen and oxygen atoms in total. The molecule has 2 aliphatic heterocycles. The van der Waals surface area contributed by atoms with Crippen LogP contribution in [0.25, 0.3) is 0 Å². The van der Waals surface area contributed by atoms with Gasteiger partial charge in [-0.15, -0.1) is 0 Å². The summed E-state index contributed by atoms with van der Waals surface area (Å²) in [6.45, 7) is 4.65. The van der Waals surface area contributed by atoms with E-state index in [1.54, 1.807) is 12.1 Å². The molecule has 0 bridgehead atoms. The molecule has 2 fully saturated rings. The van der Waals surface area contributed by atoms with Crippen LogP contribution >= 0.6 is 0 Å². The van der Waals surface area contributed by atoms with Gasteiger partial charge in [0, 0.05) is 45.5 Å². The van der Waals surface area contributed by atoms with Crippen LogP contribution in [0, 0.1) is 0 Å². The molecular weight excluding hydrogens is 362 g/mol. The van der Waals surface area contributed by atoms with Crippen molar-refractivity contribution in [3.63, 3.8) is 0 Å². The van der Waals surface area contributed by atoms with Crippen molar-refractivity contribution in [3.8, 4) is 0 Å². The lowest BCUT2D eigenvalue weighted by Crippen LogP contribution is -2.43. The monoisotopic (exact) mass is 393 g/mol. The number of piperidine rings is 2. The highest BCUT2D eigenvalue weighted by Gasteiger charge is 2.29. The molecule has 0 aliphatic carbocycles. The summed E-state index contributed by atoms with van der Waals surface area (Å²) in [5, 5.41) is 0. The van der Waals surface area contributed by atoms with Crippen LogP contribution < -0.4 is 4.90 Å². The number of hydrogen-bond acceptors (Lipinski definition) is 4. The molecule has 1 unspecified atom stereocenters. The summed E-state index contributed by atoms with van der Waals surface area (Å²) in [4.78, 5) is 17.7. The topological polar surface area (TPSA) is 60.9 Å². The fourth-order valence-electron chi connectivity index (χ4n) is 4.02. The number of amides is 1.